The Hall–Kier alpha value is -2.09. The molecule has 0 aliphatic carbocycles. The maximum Gasteiger partial charge on any atom is 0.279 e. The lowest BCUT2D eigenvalue weighted by Crippen LogP contribution is -2.17. The van der Waals surface area contributed by atoms with Crippen LogP contribution in [0.1, 0.15) is 0 Å². The van der Waals surface area contributed by atoms with E-state index in [4.69, 9.17) is 5.73 Å². The van der Waals surface area contributed by atoms with Gasteiger partial charge in [0.05, 0.1) is 17.6 Å². The highest BCUT2D eigenvalue weighted by molar-refractivity contribution is 7.92. The van der Waals surface area contributed by atoms with Crippen molar-refractivity contribution in [3.8, 4) is 0 Å². The summed E-state index contributed by atoms with van der Waals surface area (Å²) < 4.78 is 40.4. The van der Waals surface area contributed by atoms with E-state index >= 15 is 0 Å². The Labute approximate surface area is 103 Å². The molecule has 0 radical (unpaired) electrons. The molecule has 0 amide bonds. The minimum Gasteiger partial charge on any atom is -0.397 e. The first-order chi connectivity index (χ1) is 8.40. The van der Waals surface area contributed by atoms with E-state index in [1.807, 2.05) is 0 Å². The number of rotatable bonds is 3. The summed E-state index contributed by atoms with van der Waals surface area (Å²) in [6.07, 6.45) is 1.35. The Bertz CT molecular complexity index is 681. The van der Waals surface area contributed by atoms with Gasteiger partial charge >= 0.3 is 0 Å². The number of benzene rings is 1. The Balaban J connectivity index is 2.40. The number of anilines is 2. The summed E-state index contributed by atoms with van der Waals surface area (Å²) in [7, 11) is -2.35. The fourth-order valence-electron chi connectivity index (χ4n) is 1.44. The van der Waals surface area contributed by atoms with Gasteiger partial charge in [0.15, 0.2) is 5.03 Å². The van der Waals surface area contributed by atoms with Crippen LogP contribution in [0.15, 0.2) is 35.5 Å². The van der Waals surface area contributed by atoms with Crippen LogP contribution in [0.4, 0.5) is 15.8 Å². The number of halogens is 1. The molecule has 0 spiro atoms. The maximum atomic E-state index is 13.0. The zero-order valence-corrected chi connectivity index (χ0v) is 10.3. The van der Waals surface area contributed by atoms with Gasteiger partial charge in [0.1, 0.15) is 5.82 Å². The van der Waals surface area contributed by atoms with E-state index in [2.05, 4.69) is 9.82 Å². The third-order valence-electron chi connectivity index (χ3n) is 2.31. The van der Waals surface area contributed by atoms with Gasteiger partial charge in [0, 0.05) is 13.1 Å². The van der Waals surface area contributed by atoms with E-state index in [9.17, 15) is 12.8 Å². The molecule has 0 unspecified atom stereocenters. The van der Waals surface area contributed by atoms with Crippen LogP contribution in [0.25, 0.3) is 0 Å². The fourth-order valence-corrected chi connectivity index (χ4v) is 2.65. The number of hydrogen-bond acceptors (Lipinski definition) is 4. The van der Waals surface area contributed by atoms with Gasteiger partial charge in [-0.05, 0) is 18.2 Å². The van der Waals surface area contributed by atoms with E-state index in [1.54, 1.807) is 0 Å². The molecule has 0 bridgehead atoms. The summed E-state index contributed by atoms with van der Waals surface area (Å²) in [6, 6.07) is 4.79. The van der Waals surface area contributed by atoms with Crippen LogP contribution in [0.5, 0.6) is 0 Å². The Morgan fingerprint density at radius 3 is 2.72 bits per heavy atom. The first-order valence-electron chi connectivity index (χ1n) is 4.96. The van der Waals surface area contributed by atoms with Gasteiger partial charge in [-0.2, -0.15) is 13.5 Å². The van der Waals surface area contributed by atoms with Crippen molar-refractivity contribution in [1.29, 1.82) is 0 Å². The first-order valence-corrected chi connectivity index (χ1v) is 6.44. The highest BCUT2D eigenvalue weighted by atomic mass is 32.2. The van der Waals surface area contributed by atoms with Gasteiger partial charge in [0.25, 0.3) is 10.0 Å². The number of sulfonamides is 1. The number of nitrogens with one attached hydrogen (secondary N) is 1. The molecule has 3 N–H and O–H groups in total. The third-order valence-corrected chi connectivity index (χ3v) is 3.75. The predicted molar refractivity (Wildman–Crippen MR) is 64.8 cm³/mol. The SMILES string of the molecule is Cn1nccc1S(=O)(=O)Nc1cc(F)ccc1N. The van der Waals surface area contributed by atoms with E-state index in [0.717, 1.165) is 12.1 Å². The monoisotopic (exact) mass is 270 g/mol. The second-order valence-corrected chi connectivity index (χ2v) is 5.26. The number of hydrogen-bond donors (Lipinski definition) is 2. The second-order valence-electron chi connectivity index (χ2n) is 3.63. The molecule has 0 saturated heterocycles. The van der Waals surface area contributed by atoms with Gasteiger partial charge in [0.2, 0.25) is 0 Å². The normalized spacial score (nSPS) is 11.4. The lowest BCUT2D eigenvalue weighted by atomic mass is 10.3. The predicted octanol–water partition coefficient (Wildman–Crippen LogP) is 0.942. The van der Waals surface area contributed by atoms with Crippen LogP contribution in [0.2, 0.25) is 0 Å². The first kappa shape index (κ1) is 12.4. The highest BCUT2D eigenvalue weighted by Gasteiger charge is 2.19. The van der Waals surface area contributed by atoms with Gasteiger partial charge in [-0.1, -0.05) is 0 Å². The smallest absolute Gasteiger partial charge is 0.279 e. The number of nitrogens with two attached hydrogens (primary N) is 1. The van der Waals surface area contributed by atoms with E-state index in [-0.39, 0.29) is 16.4 Å². The molecule has 1 heterocycles. The number of nitrogens with zero attached hydrogens (tertiary/aromatic N) is 2. The summed E-state index contributed by atoms with van der Waals surface area (Å²) in [5, 5.41) is 3.72. The van der Waals surface area contributed by atoms with Crippen LogP contribution in [-0.2, 0) is 17.1 Å². The molecule has 96 valence electrons. The molecule has 1 aromatic carbocycles. The van der Waals surface area contributed by atoms with Crippen molar-refractivity contribution in [2.45, 2.75) is 5.03 Å². The Kier molecular flexibility index (Phi) is 2.95. The van der Waals surface area contributed by atoms with Gasteiger partial charge < -0.3 is 5.73 Å². The number of nitrogen functional groups attached to an aromatic ring is 1. The summed E-state index contributed by atoms with van der Waals surface area (Å²) in [5.41, 5.74) is 5.71. The average molecular weight is 270 g/mol. The minimum absolute atomic E-state index is 0.00352. The largest absolute Gasteiger partial charge is 0.397 e. The molecule has 2 aromatic rings. The molecule has 0 fully saturated rings. The highest BCUT2D eigenvalue weighted by Crippen LogP contribution is 2.22. The molecular formula is C10H11FN4O2S. The number of aromatic nitrogens is 2. The Morgan fingerprint density at radius 2 is 2.11 bits per heavy atom. The molecule has 0 saturated carbocycles. The van der Waals surface area contributed by atoms with E-state index < -0.39 is 15.8 Å². The van der Waals surface area contributed by atoms with Crippen molar-refractivity contribution in [1.82, 2.24) is 9.78 Å². The van der Waals surface area contributed by atoms with Gasteiger partial charge in [-0.3, -0.25) is 9.40 Å². The summed E-state index contributed by atoms with van der Waals surface area (Å²) >= 11 is 0. The molecule has 18 heavy (non-hydrogen) atoms. The van der Waals surface area contributed by atoms with Gasteiger partial charge in [-0.15, -0.1) is 0 Å². The van der Waals surface area contributed by atoms with Crippen molar-refractivity contribution < 1.29 is 12.8 Å². The fraction of sp³-hybridized carbons (Fsp3) is 0.100. The van der Waals surface area contributed by atoms with Crippen molar-refractivity contribution >= 4 is 21.4 Å². The number of aryl methyl sites for hydroxylation is 1. The maximum absolute atomic E-state index is 13.0. The molecule has 0 aliphatic rings. The van der Waals surface area contributed by atoms with Crippen LogP contribution in [0.3, 0.4) is 0 Å². The average Bonchev–Trinajstić information content (AvgIpc) is 2.70. The zero-order valence-electron chi connectivity index (χ0n) is 9.46. The molecule has 1 aromatic heterocycles. The van der Waals surface area contributed by atoms with Crippen molar-refractivity contribution in [2.24, 2.45) is 7.05 Å². The third kappa shape index (κ3) is 2.28. The standard InChI is InChI=1S/C10H11FN4O2S/c1-15-10(4-5-13-15)18(16,17)14-9-6-7(11)2-3-8(9)12/h2-6,14H,12H2,1H3. The second kappa shape index (κ2) is 4.30. The van der Waals surface area contributed by atoms with Crippen LogP contribution in [0, 0.1) is 5.82 Å². The molecule has 2 rings (SSSR count). The quantitative estimate of drug-likeness (QED) is 0.812. The molecule has 8 heteroatoms. The molecule has 0 aliphatic heterocycles. The summed E-state index contributed by atoms with van der Waals surface area (Å²) in [5.74, 6) is -0.577. The lowest BCUT2D eigenvalue weighted by Gasteiger charge is -2.10. The summed E-state index contributed by atoms with van der Waals surface area (Å²) in [4.78, 5) is 0. The zero-order chi connectivity index (χ0) is 13.3. The molecule has 0 atom stereocenters. The lowest BCUT2D eigenvalue weighted by molar-refractivity contribution is 0.582. The van der Waals surface area contributed by atoms with Crippen LogP contribution in [-0.4, -0.2) is 18.2 Å². The molecular weight excluding hydrogens is 259 g/mol. The van der Waals surface area contributed by atoms with E-state index in [1.165, 1.54) is 30.1 Å². The van der Waals surface area contributed by atoms with Crippen molar-refractivity contribution in [2.75, 3.05) is 10.5 Å². The topological polar surface area (TPSA) is 90.0 Å². The molecule has 6 nitrogen and oxygen atoms in total. The van der Waals surface area contributed by atoms with Crippen LogP contribution < -0.4 is 10.5 Å². The van der Waals surface area contributed by atoms with E-state index in [0.29, 0.717) is 0 Å². The van der Waals surface area contributed by atoms with Crippen LogP contribution >= 0.6 is 0 Å². The summed E-state index contributed by atoms with van der Waals surface area (Å²) in [6.45, 7) is 0. The minimum atomic E-state index is -3.84. The van der Waals surface area contributed by atoms with Crippen molar-refractivity contribution in [3.05, 3.63) is 36.3 Å². The van der Waals surface area contributed by atoms with Crippen molar-refractivity contribution in [3.63, 3.8) is 0 Å². The Morgan fingerprint density at radius 1 is 1.39 bits per heavy atom. The van der Waals surface area contributed by atoms with Gasteiger partial charge in [-0.25, -0.2) is 4.39 Å².